The highest BCUT2D eigenvalue weighted by Gasteiger charge is 2.28. The molecule has 2 N–H and O–H groups in total. The summed E-state index contributed by atoms with van der Waals surface area (Å²) in [7, 11) is -3.44. The van der Waals surface area contributed by atoms with E-state index in [0.29, 0.717) is 41.8 Å². The number of sulfone groups is 1. The minimum absolute atomic E-state index is 0.0628. The van der Waals surface area contributed by atoms with Crippen molar-refractivity contribution in [2.75, 3.05) is 24.7 Å². The fourth-order valence-electron chi connectivity index (χ4n) is 4.31. The number of anilines is 1. The molecule has 8 nitrogen and oxygen atoms in total. The minimum atomic E-state index is -3.44. The molecular weight excluding hydrogens is 450 g/mol. The molecule has 0 saturated heterocycles. The van der Waals surface area contributed by atoms with Crippen LogP contribution in [0.4, 0.5) is 5.82 Å². The smallest absolute Gasteiger partial charge is 0.233 e. The highest BCUT2D eigenvalue weighted by atomic mass is 35.5. The third-order valence-corrected chi connectivity index (χ3v) is 7.52. The van der Waals surface area contributed by atoms with E-state index in [1.165, 1.54) is 12.3 Å². The van der Waals surface area contributed by atoms with Crippen LogP contribution in [0.5, 0.6) is 0 Å². The number of nitrogens with one attached hydrogen (secondary N) is 2. The predicted octanol–water partition coefficient (Wildman–Crippen LogP) is 3.19. The Balaban J connectivity index is 1.55. The average Bonchev–Trinajstić information content (AvgIpc) is 3.46. The molecule has 1 aliphatic heterocycles. The maximum Gasteiger partial charge on any atom is 0.233 e. The van der Waals surface area contributed by atoms with Gasteiger partial charge in [0.05, 0.1) is 34.8 Å². The molecule has 1 unspecified atom stereocenters. The van der Waals surface area contributed by atoms with E-state index in [0.717, 1.165) is 38.5 Å². The van der Waals surface area contributed by atoms with Crippen molar-refractivity contribution in [1.82, 2.24) is 15.3 Å². The summed E-state index contributed by atoms with van der Waals surface area (Å²) in [6.45, 7) is 1.48. The molecule has 1 amide bonds. The Bertz CT molecular complexity index is 1130. The number of carbonyl (C=O) groups is 1. The number of aliphatic imine (C=N–C) groups is 1. The van der Waals surface area contributed by atoms with E-state index in [4.69, 9.17) is 11.6 Å². The topological polar surface area (TPSA) is 113 Å². The fraction of sp³-hybridized carbons (Fsp3) is 0.455. The van der Waals surface area contributed by atoms with Crippen LogP contribution in [0.2, 0.25) is 5.02 Å². The zero-order valence-electron chi connectivity index (χ0n) is 17.8. The first kappa shape index (κ1) is 22.7. The van der Waals surface area contributed by atoms with Crippen LogP contribution >= 0.6 is 11.6 Å². The first-order valence-corrected chi connectivity index (χ1v) is 13.0. The van der Waals surface area contributed by atoms with Gasteiger partial charge in [0, 0.05) is 12.8 Å². The van der Waals surface area contributed by atoms with Crippen molar-refractivity contribution in [2.45, 2.75) is 42.9 Å². The lowest BCUT2D eigenvalue weighted by Gasteiger charge is -2.21. The van der Waals surface area contributed by atoms with Crippen molar-refractivity contribution in [3.8, 4) is 0 Å². The van der Waals surface area contributed by atoms with E-state index in [2.05, 4.69) is 25.6 Å². The molecule has 4 rings (SSSR count). The highest BCUT2D eigenvalue weighted by Crippen LogP contribution is 2.36. The summed E-state index contributed by atoms with van der Waals surface area (Å²) in [4.78, 5) is 26.3. The van der Waals surface area contributed by atoms with E-state index in [1.54, 1.807) is 18.3 Å². The van der Waals surface area contributed by atoms with E-state index in [9.17, 15) is 13.2 Å². The summed E-state index contributed by atoms with van der Waals surface area (Å²) in [5.74, 6) is 0.826. The molecule has 1 aromatic heterocycles. The first-order valence-electron chi connectivity index (χ1n) is 10.7. The lowest BCUT2D eigenvalue weighted by atomic mass is 9.87. The van der Waals surface area contributed by atoms with Gasteiger partial charge in [0.25, 0.3) is 0 Å². The number of hydrogen-bond acceptors (Lipinski definition) is 7. The number of carbonyl (C=O) groups excluding carboxylic acids is 1. The van der Waals surface area contributed by atoms with Gasteiger partial charge in [-0.3, -0.25) is 9.79 Å². The Labute approximate surface area is 192 Å². The molecule has 170 valence electrons. The van der Waals surface area contributed by atoms with Crippen molar-refractivity contribution in [3.05, 3.63) is 46.9 Å². The van der Waals surface area contributed by atoms with Gasteiger partial charge in [-0.25, -0.2) is 18.4 Å². The maximum absolute atomic E-state index is 13.3. The second-order valence-electron chi connectivity index (χ2n) is 8.33. The van der Waals surface area contributed by atoms with Crippen molar-refractivity contribution in [3.63, 3.8) is 0 Å². The molecular formula is C22H26ClN5O3S. The summed E-state index contributed by atoms with van der Waals surface area (Å²) in [6.07, 6.45) is 9.39. The summed E-state index contributed by atoms with van der Waals surface area (Å²) >= 11 is 6.27. The standard InChI is InChI=1S/C22H26ClN5O3S/c1-32(30,31)19-7-6-15(11-17(19)23)16(10-14-4-2-3-5-14)22(29)28-20-13-26-18(12-27-20)21-24-8-9-25-21/h6-7,11-14,16H,2-5,8-10H2,1H3,(H,24,25)(H,27,28,29). The Hall–Kier alpha value is -2.52. The number of halogens is 1. The zero-order valence-corrected chi connectivity index (χ0v) is 19.4. The molecule has 10 heteroatoms. The van der Waals surface area contributed by atoms with Crippen LogP contribution in [0.15, 0.2) is 40.5 Å². The molecule has 2 aromatic rings. The Kier molecular flexibility index (Phi) is 6.76. The number of hydrogen-bond donors (Lipinski definition) is 2. The third-order valence-electron chi connectivity index (χ3n) is 5.94. The van der Waals surface area contributed by atoms with Gasteiger partial charge in [-0.05, 0) is 30.0 Å². The maximum atomic E-state index is 13.3. The van der Waals surface area contributed by atoms with Gasteiger partial charge < -0.3 is 10.6 Å². The van der Waals surface area contributed by atoms with Gasteiger partial charge in [0.2, 0.25) is 5.91 Å². The van der Waals surface area contributed by atoms with Crippen molar-refractivity contribution in [1.29, 1.82) is 0 Å². The van der Waals surface area contributed by atoms with Gasteiger partial charge in [-0.15, -0.1) is 0 Å². The van der Waals surface area contributed by atoms with E-state index in [-0.39, 0.29) is 15.8 Å². The summed E-state index contributed by atoms with van der Waals surface area (Å²) < 4.78 is 23.8. The molecule has 1 saturated carbocycles. The Morgan fingerprint density at radius 2 is 2.03 bits per heavy atom. The number of benzene rings is 1. The molecule has 2 aliphatic rings. The van der Waals surface area contributed by atoms with E-state index < -0.39 is 15.8 Å². The zero-order chi connectivity index (χ0) is 22.7. The Morgan fingerprint density at radius 1 is 1.25 bits per heavy atom. The molecule has 1 aliphatic carbocycles. The van der Waals surface area contributed by atoms with Crippen LogP contribution in [0.25, 0.3) is 0 Å². The van der Waals surface area contributed by atoms with Gasteiger partial charge in [-0.1, -0.05) is 43.4 Å². The van der Waals surface area contributed by atoms with Gasteiger partial charge in [0.1, 0.15) is 11.5 Å². The van der Waals surface area contributed by atoms with Crippen molar-refractivity contribution in [2.24, 2.45) is 10.9 Å². The fourth-order valence-corrected chi connectivity index (χ4v) is 5.64. The molecule has 1 atom stereocenters. The molecule has 32 heavy (non-hydrogen) atoms. The SMILES string of the molecule is CS(=O)(=O)c1ccc(C(CC2CCCC2)C(=O)Nc2cnc(C3=NCCN3)cn2)cc1Cl. The molecule has 1 fully saturated rings. The monoisotopic (exact) mass is 475 g/mol. The first-order chi connectivity index (χ1) is 15.3. The molecule has 1 aromatic carbocycles. The lowest BCUT2D eigenvalue weighted by Crippen LogP contribution is -2.24. The summed E-state index contributed by atoms with van der Waals surface area (Å²) in [5, 5.41) is 6.13. The van der Waals surface area contributed by atoms with Crippen molar-refractivity contribution < 1.29 is 13.2 Å². The lowest BCUT2D eigenvalue weighted by molar-refractivity contribution is -0.118. The largest absolute Gasteiger partial charge is 0.367 e. The van der Waals surface area contributed by atoms with Crippen LogP contribution in [-0.4, -0.2) is 49.5 Å². The number of aromatic nitrogens is 2. The molecule has 0 radical (unpaired) electrons. The molecule has 2 heterocycles. The normalized spacial score (nSPS) is 17.6. The second kappa shape index (κ2) is 9.54. The van der Waals surface area contributed by atoms with E-state index in [1.807, 2.05) is 0 Å². The number of amides is 1. The van der Waals surface area contributed by atoms with E-state index >= 15 is 0 Å². The van der Waals surface area contributed by atoms with Gasteiger partial charge in [-0.2, -0.15) is 0 Å². The highest BCUT2D eigenvalue weighted by molar-refractivity contribution is 7.90. The second-order valence-corrected chi connectivity index (χ2v) is 10.7. The van der Waals surface area contributed by atoms with Crippen LogP contribution in [0.3, 0.4) is 0 Å². The predicted molar refractivity (Wildman–Crippen MR) is 124 cm³/mol. The minimum Gasteiger partial charge on any atom is -0.367 e. The van der Waals surface area contributed by atoms with Crippen molar-refractivity contribution >= 4 is 39.0 Å². The quantitative estimate of drug-likeness (QED) is 0.635. The third kappa shape index (κ3) is 5.27. The summed E-state index contributed by atoms with van der Waals surface area (Å²) in [5.41, 5.74) is 1.33. The van der Waals surface area contributed by atoms with Gasteiger partial charge >= 0.3 is 0 Å². The van der Waals surface area contributed by atoms with Crippen LogP contribution < -0.4 is 10.6 Å². The molecule has 0 spiro atoms. The Morgan fingerprint density at radius 3 is 2.62 bits per heavy atom. The average molecular weight is 476 g/mol. The van der Waals surface area contributed by atoms with Crippen LogP contribution in [0.1, 0.15) is 49.3 Å². The summed E-state index contributed by atoms with van der Waals surface area (Å²) in [6, 6.07) is 4.75. The number of nitrogens with zero attached hydrogens (tertiary/aromatic N) is 3. The van der Waals surface area contributed by atoms with Crippen LogP contribution in [0, 0.1) is 5.92 Å². The van der Waals surface area contributed by atoms with Crippen LogP contribution in [-0.2, 0) is 14.6 Å². The number of rotatable bonds is 7. The number of amidine groups is 1. The molecule has 0 bridgehead atoms. The van der Waals surface area contributed by atoms with Gasteiger partial charge in [0.15, 0.2) is 15.7 Å².